The monoisotopic (exact) mass is 384 g/mol. The lowest BCUT2D eigenvalue weighted by molar-refractivity contribution is 0.0281. The first-order valence-electron chi connectivity index (χ1n) is 9.48. The summed E-state index contributed by atoms with van der Waals surface area (Å²) in [6, 6.07) is 8.04. The number of ether oxygens (including phenoxy) is 3. The number of likely N-dealkylation sites (N-methyl/N-ethyl adjacent to an activating group) is 1. The Labute approximate surface area is 166 Å². The lowest BCUT2D eigenvalue weighted by atomic mass is 9.89. The van der Waals surface area contributed by atoms with Gasteiger partial charge in [-0.1, -0.05) is 18.2 Å². The van der Waals surface area contributed by atoms with Crippen LogP contribution in [-0.4, -0.2) is 48.9 Å². The second-order valence-electron chi connectivity index (χ2n) is 7.99. The molecule has 0 fully saturated rings. The van der Waals surface area contributed by atoms with Gasteiger partial charge in [0.25, 0.3) is 0 Å². The molecule has 3 rings (SSSR count). The van der Waals surface area contributed by atoms with Crippen LogP contribution in [0.4, 0.5) is 4.79 Å². The van der Waals surface area contributed by atoms with Crippen molar-refractivity contribution in [3.05, 3.63) is 42.2 Å². The summed E-state index contributed by atoms with van der Waals surface area (Å²) in [7, 11) is 3.41. The Morgan fingerprint density at radius 1 is 1.29 bits per heavy atom. The van der Waals surface area contributed by atoms with Crippen LogP contribution in [0, 0.1) is 0 Å². The molecule has 1 amide bonds. The summed E-state index contributed by atoms with van der Waals surface area (Å²) in [4.78, 5) is 18.1. The van der Waals surface area contributed by atoms with Gasteiger partial charge in [-0.3, -0.25) is 4.98 Å². The lowest BCUT2D eigenvalue weighted by Crippen LogP contribution is -2.37. The number of pyridine rings is 1. The van der Waals surface area contributed by atoms with E-state index in [4.69, 9.17) is 14.2 Å². The van der Waals surface area contributed by atoms with Gasteiger partial charge in [-0.15, -0.1) is 0 Å². The molecular weight excluding hydrogens is 356 g/mol. The van der Waals surface area contributed by atoms with Crippen LogP contribution in [0.2, 0.25) is 0 Å². The molecule has 0 bridgehead atoms. The first-order valence-corrected chi connectivity index (χ1v) is 9.48. The Bertz CT molecular complexity index is 845. The lowest BCUT2D eigenvalue weighted by Gasteiger charge is -2.32. The molecule has 6 nitrogen and oxygen atoms in total. The van der Waals surface area contributed by atoms with Gasteiger partial charge in [0, 0.05) is 36.8 Å². The molecule has 0 spiro atoms. The van der Waals surface area contributed by atoms with Crippen molar-refractivity contribution in [1.82, 2.24) is 9.88 Å². The number of para-hydroxylation sites is 1. The molecule has 6 heteroatoms. The number of carbonyl (C=O) groups is 1. The Morgan fingerprint density at radius 3 is 2.79 bits per heavy atom. The second kappa shape index (κ2) is 8.09. The number of methoxy groups -OCH3 is 1. The average molecular weight is 384 g/mol. The Kier molecular flexibility index (Phi) is 5.77. The summed E-state index contributed by atoms with van der Waals surface area (Å²) in [6.07, 6.45) is 3.98. The number of hydrogen-bond acceptors (Lipinski definition) is 5. The van der Waals surface area contributed by atoms with Crippen LogP contribution in [-0.2, 0) is 4.74 Å². The Morgan fingerprint density at radius 2 is 2.07 bits per heavy atom. The molecule has 0 aliphatic carbocycles. The fourth-order valence-electron chi connectivity index (χ4n) is 3.41. The summed E-state index contributed by atoms with van der Waals surface area (Å²) in [5, 5.41) is 0. The molecule has 1 aromatic carbocycles. The zero-order valence-corrected chi connectivity index (χ0v) is 17.2. The van der Waals surface area contributed by atoms with Crippen LogP contribution in [0.1, 0.15) is 38.7 Å². The van der Waals surface area contributed by atoms with E-state index in [1.54, 1.807) is 31.5 Å². The Hall–Kier alpha value is -2.76. The minimum atomic E-state index is -0.510. The van der Waals surface area contributed by atoms with E-state index < -0.39 is 5.60 Å². The highest BCUT2D eigenvalue weighted by Gasteiger charge is 2.28. The maximum absolute atomic E-state index is 12.4. The minimum absolute atomic E-state index is 0.175. The third-order valence-corrected chi connectivity index (χ3v) is 4.69. The highest BCUT2D eigenvalue weighted by atomic mass is 16.6. The number of aromatic nitrogens is 1. The number of amides is 1. The summed E-state index contributed by atoms with van der Waals surface area (Å²) in [5.74, 6) is 1.72. The van der Waals surface area contributed by atoms with E-state index in [0.717, 1.165) is 28.9 Å². The quantitative estimate of drug-likeness (QED) is 0.777. The first-order chi connectivity index (χ1) is 13.3. The smallest absolute Gasteiger partial charge is 0.410 e. The summed E-state index contributed by atoms with van der Waals surface area (Å²) in [5.41, 5.74) is 2.50. The van der Waals surface area contributed by atoms with E-state index >= 15 is 0 Å². The normalized spacial score (nSPS) is 16.0. The predicted octanol–water partition coefficient (Wildman–Crippen LogP) is 4.49. The van der Waals surface area contributed by atoms with Crippen LogP contribution < -0.4 is 9.47 Å². The van der Waals surface area contributed by atoms with Crippen molar-refractivity contribution in [2.75, 3.05) is 27.3 Å². The summed E-state index contributed by atoms with van der Waals surface area (Å²) in [6.45, 7) is 6.79. The van der Waals surface area contributed by atoms with Crippen molar-refractivity contribution in [3.63, 3.8) is 0 Å². The maximum atomic E-state index is 12.4. The topological polar surface area (TPSA) is 60.9 Å². The van der Waals surface area contributed by atoms with E-state index in [-0.39, 0.29) is 12.0 Å². The number of fused-ring (bicyclic) bond motifs is 1. The fourth-order valence-corrected chi connectivity index (χ4v) is 3.41. The zero-order valence-electron chi connectivity index (χ0n) is 17.2. The summed E-state index contributed by atoms with van der Waals surface area (Å²) >= 11 is 0. The van der Waals surface area contributed by atoms with Gasteiger partial charge in [-0.25, -0.2) is 4.79 Å². The van der Waals surface area contributed by atoms with Crippen molar-refractivity contribution in [2.45, 2.75) is 38.7 Å². The highest BCUT2D eigenvalue weighted by Crippen LogP contribution is 2.43. The molecule has 1 aliphatic rings. The number of nitrogens with zero attached hydrogens (tertiary/aromatic N) is 2. The van der Waals surface area contributed by atoms with Gasteiger partial charge in [0.15, 0.2) is 0 Å². The maximum Gasteiger partial charge on any atom is 0.410 e. The van der Waals surface area contributed by atoms with Gasteiger partial charge in [0.1, 0.15) is 17.1 Å². The van der Waals surface area contributed by atoms with Gasteiger partial charge in [-0.05, 0) is 38.8 Å². The number of carbonyl (C=O) groups excluding carboxylic acids is 1. The molecule has 0 saturated carbocycles. The van der Waals surface area contributed by atoms with E-state index in [9.17, 15) is 4.79 Å². The largest absolute Gasteiger partial charge is 0.494 e. The van der Waals surface area contributed by atoms with Crippen molar-refractivity contribution in [3.8, 4) is 22.6 Å². The predicted molar refractivity (Wildman–Crippen MR) is 108 cm³/mol. The molecule has 0 saturated heterocycles. The number of hydrogen-bond donors (Lipinski definition) is 0. The molecule has 0 radical (unpaired) electrons. The van der Waals surface area contributed by atoms with Crippen LogP contribution in [0.5, 0.6) is 11.5 Å². The molecule has 1 aliphatic heterocycles. The highest BCUT2D eigenvalue weighted by molar-refractivity contribution is 5.77. The minimum Gasteiger partial charge on any atom is -0.494 e. The van der Waals surface area contributed by atoms with Gasteiger partial charge < -0.3 is 19.1 Å². The van der Waals surface area contributed by atoms with Crippen LogP contribution in [0.3, 0.4) is 0 Å². The molecule has 1 atom stereocenters. The molecule has 2 heterocycles. The molecular formula is C22H28N2O4. The molecule has 150 valence electrons. The molecule has 2 aromatic rings. The second-order valence-corrected chi connectivity index (χ2v) is 7.99. The fraction of sp³-hybridized carbons (Fsp3) is 0.455. The van der Waals surface area contributed by atoms with E-state index in [2.05, 4.69) is 11.1 Å². The van der Waals surface area contributed by atoms with Crippen molar-refractivity contribution < 1.29 is 19.0 Å². The molecule has 0 unspecified atom stereocenters. The van der Waals surface area contributed by atoms with Crippen molar-refractivity contribution in [2.24, 2.45) is 0 Å². The third kappa shape index (κ3) is 4.38. The average Bonchev–Trinajstić information content (AvgIpc) is 2.66. The number of benzene rings is 1. The Balaban J connectivity index is 1.88. The van der Waals surface area contributed by atoms with Gasteiger partial charge >= 0.3 is 6.09 Å². The van der Waals surface area contributed by atoms with Crippen LogP contribution in [0.25, 0.3) is 11.1 Å². The first kappa shape index (κ1) is 20.0. The molecule has 0 N–H and O–H groups in total. The van der Waals surface area contributed by atoms with Crippen molar-refractivity contribution >= 4 is 6.09 Å². The van der Waals surface area contributed by atoms with Crippen molar-refractivity contribution in [1.29, 1.82) is 0 Å². The van der Waals surface area contributed by atoms with Gasteiger partial charge in [0.05, 0.1) is 19.9 Å². The SMILES string of the molecule is COc1cnccc1-c1cccc2c1OCC[C@H]2CN(C)C(=O)OC(C)(C)C. The molecule has 28 heavy (non-hydrogen) atoms. The summed E-state index contributed by atoms with van der Waals surface area (Å²) < 4.78 is 17.0. The van der Waals surface area contributed by atoms with Gasteiger partial charge in [-0.2, -0.15) is 0 Å². The zero-order chi connectivity index (χ0) is 20.3. The van der Waals surface area contributed by atoms with Crippen LogP contribution in [0.15, 0.2) is 36.7 Å². The van der Waals surface area contributed by atoms with E-state index in [1.807, 2.05) is 39.0 Å². The number of rotatable bonds is 4. The molecule has 1 aromatic heterocycles. The van der Waals surface area contributed by atoms with E-state index in [0.29, 0.717) is 18.9 Å². The van der Waals surface area contributed by atoms with Gasteiger partial charge in [0.2, 0.25) is 0 Å². The van der Waals surface area contributed by atoms with E-state index in [1.165, 1.54) is 0 Å². The standard InChI is InChI=1S/C22H28N2O4/c1-22(2,3)28-21(25)24(4)14-15-10-12-27-20-16(15)7-6-8-18(20)17-9-11-23-13-19(17)26-5/h6-9,11,13,15H,10,12,14H2,1-5H3/t15-/m0/s1. The third-order valence-electron chi connectivity index (χ3n) is 4.69. The van der Waals surface area contributed by atoms with Crippen LogP contribution >= 0.6 is 0 Å².